The van der Waals surface area contributed by atoms with Crippen LogP contribution in [0, 0.1) is 3.57 Å². The molecule has 1 aliphatic rings. The molecule has 1 unspecified atom stereocenters. The number of rotatable bonds is 5. The summed E-state index contributed by atoms with van der Waals surface area (Å²) >= 11 is 3.64. The van der Waals surface area contributed by atoms with Gasteiger partial charge in [-0.25, -0.2) is 4.98 Å². The number of para-hydroxylation sites is 2. The lowest BCUT2D eigenvalue weighted by molar-refractivity contribution is 0.255. The predicted octanol–water partition coefficient (Wildman–Crippen LogP) is 6.64. The molecule has 2 N–H and O–H groups in total. The highest BCUT2D eigenvalue weighted by Gasteiger charge is 2.37. The zero-order valence-corrected chi connectivity index (χ0v) is 26.0. The normalized spacial score (nSPS) is 16.2. The van der Waals surface area contributed by atoms with Crippen molar-refractivity contribution in [2.45, 2.75) is 24.2 Å². The maximum absolute atomic E-state index is 14.2. The third-order valence-electron chi connectivity index (χ3n) is 8.46. The molecule has 0 spiro atoms. The zero-order valence-electron chi connectivity index (χ0n) is 23.0. The molecular weight excluding hydrogens is 654 g/mol. The highest BCUT2D eigenvalue weighted by atomic mass is 127. The molecule has 7 rings (SSSR count). The number of likely N-dealkylation sites (tertiary alicyclic amines) is 1. The van der Waals surface area contributed by atoms with Crippen LogP contribution in [0.15, 0.2) is 89.9 Å². The molecule has 208 valence electrons. The molecule has 0 aliphatic carbocycles. The van der Waals surface area contributed by atoms with Gasteiger partial charge >= 0.3 is 0 Å². The van der Waals surface area contributed by atoms with Crippen molar-refractivity contribution < 1.29 is 5.11 Å². The number of piperidine rings is 1. The van der Waals surface area contributed by atoms with Crippen LogP contribution >= 0.6 is 33.9 Å². The molecule has 6 nitrogen and oxygen atoms in total. The van der Waals surface area contributed by atoms with E-state index < -0.39 is 5.44 Å². The summed E-state index contributed by atoms with van der Waals surface area (Å²) in [5, 5.41) is 11.9. The predicted molar refractivity (Wildman–Crippen MR) is 180 cm³/mol. The molecule has 42 heavy (non-hydrogen) atoms. The Kier molecular flexibility index (Phi) is 6.99. The van der Waals surface area contributed by atoms with Crippen LogP contribution in [0.4, 0.5) is 0 Å². The van der Waals surface area contributed by atoms with Gasteiger partial charge in [-0.15, -0.1) is 11.3 Å². The van der Waals surface area contributed by atoms with Gasteiger partial charge in [0, 0.05) is 25.6 Å². The van der Waals surface area contributed by atoms with Crippen molar-refractivity contribution >= 4 is 62.9 Å². The van der Waals surface area contributed by atoms with Crippen LogP contribution in [-0.4, -0.2) is 52.5 Å². The van der Waals surface area contributed by atoms with Gasteiger partial charge in [-0.2, -0.15) is 0 Å². The van der Waals surface area contributed by atoms with Crippen LogP contribution in [0.2, 0.25) is 0 Å². The van der Waals surface area contributed by atoms with Crippen molar-refractivity contribution in [2.24, 2.45) is 0 Å². The number of imidazole rings is 1. The fourth-order valence-electron chi connectivity index (χ4n) is 6.03. The van der Waals surface area contributed by atoms with Gasteiger partial charge < -0.3 is 19.6 Å². The number of aromatic hydroxyl groups is 1. The van der Waals surface area contributed by atoms with Gasteiger partial charge in [0.25, 0.3) is 5.56 Å². The Hall–Kier alpha value is -3.41. The number of thiophene rings is 1. The highest BCUT2D eigenvalue weighted by molar-refractivity contribution is 14.1. The smallest absolute Gasteiger partial charge is 0.269 e. The minimum atomic E-state index is -1.59. The molecule has 0 bridgehead atoms. The number of halogens is 1. The number of phenolic OH excluding ortho intramolecular Hbond substituents is 1. The van der Waals surface area contributed by atoms with Crippen molar-refractivity contribution in [3.8, 4) is 16.2 Å². The molecule has 1 atom stereocenters. The van der Waals surface area contributed by atoms with E-state index in [9.17, 15) is 9.90 Å². The molecule has 4 heterocycles. The molecule has 0 saturated carbocycles. The molecule has 2 radical (unpaired) electrons. The maximum atomic E-state index is 14.2. The molecule has 0 amide bonds. The van der Waals surface area contributed by atoms with E-state index in [0.717, 1.165) is 43.5 Å². The third-order valence-corrected chi connectivity index (χ3v) is 10.3. The van der Waals surface area contributed by atoms with Gasteiger partial charge in [0.05, 0.1) is 16.5 Å². The first-order valence-corrected chi connectivity index (χ1v) is 15.9. The Morgan fingerprint density at radius 1 is 1.05 bits per heavy atom. The summed E-state index contributed by atoms with van der Waals surface area (Å²) < 4.78 is 2.97. The summed E-state index contributed by atoms with van der Waals surface area (Å²) in [5.41, 5.74) is 2.54. The molecule has 3 aromatic carbocycles. The van der Waals surface area contributed by atoms with Crippen LogP contribution in [0.25, 0.3) is 31.6 Å². The molecule has 6 aromatic rings. The first-order valence-electron chi connectivity index (χ1n) is 14.0. The van der Waals surface area contributed by atoms with Crippen molar-refractivity contribution in [3.63, 3.8) is 0 Å². The number of H-pyrrole nitrogens is 1. The van der Waals surface area contributed by atoms with E-state index in [2.05, 4.69) is 69.9 Å². The fourth-order valence-corrected chi connectivity index (χ4v) is 7.61. The summed E-state index contributed by atoms with van der Waals surface area (Å²) in [5.74, 6) is 0.948. The number of aromatic nitrogens is 3. The Morgan fingerprint density at radius 3 is 2.57 bits per heavy atom. The summed E-state index contributed by atoms with van der Waals surface area (Å²) in [6.07, 6.45) is 4.07. The van der Waals surface area contributed by atoms with E-state index in [1.165, 1.54) is 34.3 Å². The molecule has 1 aliphatic heterocycles. The number of nitrogens with one attached hydrogen (secondary N) is 1. The Morgan fingerprint density at radius 2 is 1.81 bits per heavy atom. The summed E-state index contributed by atoms with van der Waals surface area (Å²) in [7, 11) is 9.39. The van der Waals surface area contributed by atoms with E-state index in [4.69, 9.17) is 12.8 Å². The second-order valence-corrected chi connectivity index (χ2v) is 13.4. The number of fused-ring (bicyclic) bond motifs is 2. The van der Waals surface area contributed by atoms with Crippen LogP contribution in [-0.2, 0) is 5.44 Å². The highest BCUT2D eigenvalue weighted by Crippen LogP contribution is 2.38. The lowest BCUT2D eigenvalue weighted by atomic mass is 9.70. The van der Waals surface area contributed by atoms with Crippen molar-refractivity contribution in [2.75, 3.05) is 20.1 Å². The summed E-state index contributed by atoms with van der Waals surface area (Å²) in [6, 6.07) is 25.6. The van der Waals surface area contributed by atoms with Gasteiger partial charge in [-0.05, 0) is 115 Å². The number of benzene rings is 3. The van der Waals surface area contributed by atoms with E-state index >= 15 is 0 Å². The number of hydrogen-bond donors (Lipinski definition) is 2. The first-order chi connectivity index (χ1) is 20.3. The van der Waals surface area contributed by atoms with E-state index in [0.29, 0.717) is 22.0 Å². The van der Waals surface area contributed by atoms with Gasteiger partial charge in [-0.1, -0.05) is 36.4 Å². The Labute approximate surface area is 262 Å². The SMILES string of the molecule is [B]C(c1nc2ccccc2[nH]1)(c1cc(I)ccc1O)n1ccc2cc(-c3ccc(C4CCN(C)CC4)cc3)sc2c1=O. The van der Waals surface area contributed by atoms with Gasteiger partial charge in [0.15, 0.2) is 0 Å². The monoisotopic (exact) mass is 682 g/mol. The minimum Gasteiger partial charge on any atom is -0.508 e. The minimum absolute atomic E-state index is 0.0121. The second kappa shape index (κ2) is 10.7. The third kappa shape index (κ3) is 4.67. The average molecular weight is 682 g/mol. The van der Waals surface area contributed by atoms with Crippen LogP contribution in [0.1, 0.15) is 35.7 Å². The van der Waals surface area contributed by atoms with Gasteiger partial charge in [0.1, 0.15) is 24.1 Å². The Balaban J connectivity index is 1.33. The summed E-state index contributed by atoms with van der Waals surface area (Å²) in [4.78, 5) is 25.7. The van der Waals surface area contributed by atoms with E-state index in [1.54, 1.807) is 24.4 Å². The van der Waals surface area contributed by atoms with Gasteiger partial charge in [-0.3, -0.25) is 4.79 Å². The van der Waals surface area contributed by atoms with E-state index in [-0.39, 0.29) is 11.3 Å². The molecule has 9 heteroatoms. The van der Waals surface area contributed by atoms with Crippen molar-refractivity contribution in [1.82, 2.24) is 19.4 Å². The lowest BCUT2D eigenvalue weighted by Crippen LogP contribution is -2.44. The quantitative estimate of drug-likeness (QED) is 0.158. The number of nitrogens with zero attached hydrogens (tertiary/aromatic N) is 3. The van der Waals surface area contributed by atoms with Crippen LogP contribution in [0.5, 0.6) is 5.75 Å². The van der Waals surface area contributed by atoms with E-state index in [1.807, 2.05) is 30.3 Å². The van der Waals surface area contributed by atoms with Crippen LogP contribution in [0.3, 0.4) is 0 Å². The number of hydrogen-bond acceptors (Lipinski definition) is 5. The number of phenols is 1. The van der Waals surface area contributed by atoms with Crippen LogP contribution < -0.4 is 5.56 Å². The summed E-state index contributed by atoms with van der Waals surface area (Å²) in [6.45, 7) is 2.26. The number of pyridine rings is 1. The Bertz CT molecular complexity index is 1960. The topological polar surface area (TPSA) is 74.2 Å². The first kappa shape index (κ1) is 27.4. The molecule has 1 fully saturated rings. The van der Waals surface area contributed by atoms with Crippen molar-refractivity contribution in [1.29, 1.82) is 0 Å². The maximum Gasteiger partial charge on any atom is 0.269 e. The molecular formula is C33H28BIN4O2S. The molecule has 1 saturated heterocycles. The fraction of sp³-hybridized carbons (Fsp3) is 0.212. The standard InChI is InChI=1S/C33H28BIN4O2S/c1-38-15-12-21(13-16-38)20-6-8-22(9-7-20)29-18-23-14-17-39(31(41)30(23)42-29)33(34,25-19-24(35)10-11-28(25)40)32-36-26-4-2-3-5-27(26)37-32/h2-11,14,17-19,21,40H,12-13,15-16H2,1H3,(H,36,37). The average Bonchev–Trinajstić information content (AvgIpc) is 3.65. The largest absolute Gasteiger partial charge is 0.508 e. The molecule has 3 aromatic heterocycles. The number of aromatic amines is 1. The van der Waals surface area contributed by atoms with Crippen molar-refractivity contribution in [3.05, 3.63) is 116 Å². The van der Waals surface area contributed by atoms with Gasteiger partial charge in [0.2, 0.25) is 0 Å². The lowest BCUT2D eigenvalue weighted by Gasteiger charge is -2.32. The second-order valence-electron chi connectivity index (χ2n) is 11.1. The zero-order chi connectivity index (χ0) is 29.0.